The Hall–Kier alpha value is -1.39. The van der Waals surface area contributed by atoms with E-state index in [2.05, 4.69) is 6.92 Å². The van der Waals surface area contributed by atoms with E-state index in [9.17, 15) is 9.90 Å². The third kappa shape index (κ3) is 3.33. The SMILES string of the molecule is CCc1ccc(C(=O)N2CC(C)OC(CO)C2)cc1. The molecular weight excluding hydrogens is 242 g/mol. The van der Waals surface area contributed by atoms with Gasteiger partial charge in [0.05, 0.1) is 18.8 Å². The molecule has 0 radical (unpaired) electrons. The van der Waals surface area contributed by atoms with Crippen molar-refractivity contribution in [3.8, 4) is 0 Å². The highest BCUT2D eigenvalue weighted by Gasteiger charge is 2.28. The monoisotopic (exact) mass is 263 g/mol. The first-order valence-electron chi connectivity index (χ1n) is 6.78. The Balaban J connectivity index is 2.09. The van der Waals surface area contributed by atoms with Gasteiger partial charge in [-0.2, -0.15) is 0 Å². The third-order valence-corrected chi connectivity index (χ3v) is 3.43. The average Bonchev–Trinajstić information content (AvgIpc) is 2.46. The van der Waals surface area contributed by atoms with Crippen molar-refractivity contribution in [3.63, 3.8) is 0 Å². The van der Waals surface area contributed by atoms with E-state index >= 15 is 0 Å². The summed E-state index contributed by atoms with van der Waals surface area (Å²) in [6, 6.07) is 7.71. The Morgan fingerprint density at radius 3 is 2.63 bits per heavy atom. The number of hydrogen-bond donors (Lipinski definition) is 1. The smallest absolute Gasteiger partial charge is 0.254 e. The molecule has 2 rings (SSSR count). The van der Waals surface area contributed by atoms with E-state index in [4.69, 9.17) is 4.74 Å². The van der Waals surface area contributed by atoms with Gasteiger partial charge in [-0.25, -0.2) is 0 Å². The number of nitrogens with zero attached hydrogens (tertiary/aromatic N) is 1. The standard InChI is InChI=1S/C15H21NO3/c1-3-12-4-6-13(7-5-12)15(18)16-8-11(2)19-14(9-16)10-17/h4-7,11,14,17H,3,8-10H2,1-2H3. The molecule has 0 spiro atoms. The van der Waals surface area contributed by atoms with Crippen LogP contribution in [0.15, 0.2) is 24.3 Å². The number of ether oxygens (including phenoxy) is 1. The number of carbonyl (C=O) groups is 1. The van der Waals surface area contributed by atoms with Gasteiger partial charge in [-0.05, 0) is 31.0 Å². The summed E-state index contributed by atoms with van der Waals surface area (Å²) >= 11 is 0. The summed E-state index contributed by atoms with van der Waals surface area (Å²) in [4.78, 5) is 14.2. The molecule has 0 saturated carbocycles. The minimum absolute atomic E-state index is 0.0104. The number of aryl methyl sites for hydroxylation is 1. The summed E-state index contributed by atoms with van der Waals surface area (Å²) in [6.45, 7) is 4.98. The molecular formula is C15H21NO3. The zero-order valence-electron chi connectivity index (χ0n) is 11.5. The van der Waals surface area contributed by atoms with E-state index < -0.39 is 0 Å². The molecule has 1 aliphatic heterocycles. The molecule has 0 aliphatic carbocycles. The second-order valence-electron chi connectivity index (χ2n) is 5.01. The van der Waals surface area contributed by atoms with Gasteiger partial charge < -0.3 is 14.7 Å². The number of rotatable bonds is 3. The van der Waals surface area contributed by atoms with Crippen molar-refractivity contribution in [3.05, 3.63) is 35.4 Å². The fraction of sp³-hybridized carbons (Fsp3) is 0.533. The molecule has 1 fully saturated rings. The Kier molecular flexibility index (Phi) is 4.56. The highest BCUT2D eigenvalue weighted by Crippen LogP contribution is 2.15. The highest BCUT2D eigenvalue weighted by molar-refractivity contribution is 5.94. The van der Waals surface area contributed by atoms with Crippen molar-refractivity contribution in [2.75, 3.05) is 19.7 Å². The molecule has 1 heterocycles. The first kappa shape index (κ1) is 14.0. The minimum Gasteiger partial charge on any atom is -0.394 e. The molecule has 1 aliphatic rings. The van der Waals surface area contributed by atoms with Crippen LogP contribution in [-0.4, -0.2) is 47.8 Å². The molecule has 4 heteroatoms. The normalized spacial score (nSPS) is 23.4. The second-order valence-corrected chi connectivity index (χ2v) is 5.01. The molecule has 2 atom stereocenters. The van der Waals surface area contributed by atoms with Crippen molar-refractivity contribution >= 4 is 5.91 Å². The summed E-state index contributed by atoms with van der Waals surface area (Å²) in [7, 11) is 0. The van der Waals surface area contributed by atoms with Gasteiger partial charge in [-0.3, -0.25) is 4.79 Å². The van der Waals surface area contributed by atoms with Crippen LogP contribution in [0.1, 0.15) is 29.8 Å². The van der Waals surface area contributed by atoms with Crippen LogP contribution in [0.3, 0.4) is 0 Å². The van der Waals surface area contributed by atoms with Crippen molar-refractivity contribution in [1.82, 2.24) is 4.90 Å². The van der Waals surface area contributed by atoms with Crippen LogP contribution in [0.2, 0.25) is 0 Å². The zero-order chi connectivity index (χ0) is 13.8. The Labute approximate surface area is 114 Å². The fourth-order valence-electron chi connectivity index (χ4n) is 2.38. The predicted molar refractivity (Wildman–Crippen MR) is 73.1 cm³/mol. The molecule has 0 bridgehead atoms. The number of benzene rings is 1. The second kappa shape index (κ2) is 6.17. The number of aliphatic hydroxyl groups excluding tert-OH is 1. The Morgan fingerprint density at radius 1 is 1.37 bits per heavy atom. The van der Waals surface area contributed by atoms with Gasteiger partial charge in [0, 0.05) is 18.7 Å². The first-order chi connectivity index (χ1) is 9.13. The molecule has 1 saturated heterocycles. The highest BCUT2D eigenvalue weighted by atomic mass is 16.5. The Bertz CT molecular complexity index is 430. The van der Waals surface area contributed by atoms with Crippen LogP contribution in [0.5, 0.6) is 0 Å². The number of amides is 1. The van der Waals surface area contributed by atoms with Gasteiger partial charge in [0.25, 0.3) is 5.91 Å². The molecule has 1 aromatic carbocycles. The van der Waals surface area contributed by atoms with E-state index in [1.807, 2.05) is 31.2 Å². The molecule has 104 valence electrons. The zero-order valence-corrected chi connectivity index (χ0v) is 11.5. The van der Waals surface area contributed by atoms with Gasteiger partial charge in [0.2, 0.25) is 0 Å². The molecule has 1 amide bonds. The van der Waals surface area contributed by atoms with Gasteiger partial charge in [-0.1, -0.05) is 19.1 Å². The van der Waals surface area contributed by atoms with Crippen LogP contribution in [-0.2, 0) is 11.2 Å². The maximum atomic E-state index is 12.4. The summed E-state index contributed by atoms with van der Waals surface area (Å²) in [5.41, 5.74) is 1.92. The van der Waals surface area contributed by atoms with Crippen LogP contribution in [0, 0.1) is 0 Å². The lowest BCUT2D eigenvalue weighted by molar-refractivity contribution is -0.0858. The van der Waals surface area contributed by atoms with Crippen molar-refractivity contribution in [2.24, 2.45) is 0 Å². The summed E-state index contributed by atoms with van der Waals surface area (Å²) < 4.78 is 5.54. The van der Waals surface area contributed by atoms with E-state index in [-0.39, 0.29) is 24.7 Å². The topological polar surface area (TPSA) is 49.8 Å². The van der Waals surface area contributed by atoms with Crippen LogP contribution < -0.4 is 0 Å². The van der Waals surface area contributed by atoms with Gasteiger partial charge in [-0.15, -0.1) is 0 Å². The maximum Gasteiger partial charge on any atom is 0.254 e. The molecule has 2 unspecified atom stereocenters. The molecule has 1 N–H and O–H groups in total. The predicted octanol–water partition coefficient (Wildman–Crippen LogP) is 1.47. The van der Waals surface area contributed by atoms with E-state index in [1.54, 1.807) is 4.90 Å². The number of morpholine rings is 1. The molecule has 1 aromatic rings. The van der Waals surface area contributed by atoms with Gasteiger partial charge >= 0.3 is 0 Å². The quantitative estimate of drug-likeness (QED) is 0.898. The van der Waals surface area contributed by atoms with E-state index in [0.29, 0.717) is 18.7 Å². The van der Waals surface area contributed by atoms with E-state index in [1.165, 1.54) is 5.56 Å². The number of carbonyl (C=O) groups excluding carboxylic acids is 1. The van der Waals surface area contributed by atoms with Crippen molar-refractivity contribution in [1.29, 1.82) is 0 Å². The van der Waals surface area contributed by atoms with Crippen molar-refractivity contribution in [2.45, 2.75) is 32.5 Å². The summed E-state index contributed by atoms with van der Waals surface area (Å²) in [5.74, 6) is 0.0104. The van der Waals surface area contributed by atoms with Gasteiger partial charge in [0.15, 0.2) is 0 Å². The number of hydrogen-bond acceptors (Lipinski definition) is 3. The van der Waals surface area contributed by atoms with Crippen molar-refractivity contribution < 1.29 is 14.6 Å². The largest absolute Gasteiger partial charge is 0.394 e. The Morgan fingerprint density at radius 2 is 2.05 bits per heavy atom. The number of aliphatic hydroxyl groups is 1. The summed E-state index contributed by atoms with van der Waals surface area (Å²) in [6.07, 6.45) is 0.655. The molecule has 4 nitrogen and oxygen atoms in total. The lowest BCUT2D eigenvalue weighted by Gasteiger charge is -2.36. The minimum atomic E-state index is -0.275. The fourth-order valence-corrected chi connectivity index (χ4v) is 2.38. The van der Waals surface area contributed by atoms with Crippen LogP contribution in [0.4, 0.5) is 0 Å². The molecule has 19 heavy (non-hydrogen) atoms. The van der Waals surface area contributed by atoms with E-state index in [0.717, 1.165) is 6.42 Å². The average molecular weight is 263 g/mol. The van der Waals surface area contributed by atoms with Crippen LogP contribution >= 0.6 is 0 Å². The third-order valence-electron chi connectivity index (χ3n) is 3.43. The van der Waals surface area contributed by atoms with Crippen LogP contribution in [0.25, 0.3) is 0 Å². The van der Waals surface area contributed by atoms with Gasteiger partial charge in [0.1, 0.15) is 0 Å². The molecule has 0 aromatic heterocycles. The first-order valence-corrected chi connectivity index (χ1v) is 6.78. The maximum absolute atomic E-state index is 12.4. The lowest BCUT2D eigenvalue weighted by Crippen LogP contribution is -2.50. The lowest BCUT2D eigenvalue weighted by atomic mass is 10.1. The summed E-state index contributed by atoms with van der Waals surface area (Å²) in [5, 5.41) is 9.18.